The quantitative estimate of drug-likeness (QED) is 0.619. The molecule has 1 aromatic carbocycles. The Hall–Kier alpha value is -2.15. The van der Waals surface area contributed by atoms with Crippen molar-refractivity contribution in [2.24, 2.45) is 11.8 Å². The van der Waals surface area contributed by atoms with E-state index in [1.54, 1.807) is 7.11 Å². The first-order valence-electron chi connectivity index (χ1n) is 9.13. The number of carbonyl (C=O) groups excluding carboxylic acids is 2. The highest BCUT2D eigenvalue weighted by Gasteiger charge is 2.22. The zero-order valence-electron chi connectivity index (χ0n) is 15.2. The lowest BCUT2D eigenvalue weighted by molar-refractivity contribution is 0.0941. The van der Waals surface area contributed by atoms with Gasteiger partial charge in [0.05, 0.1) is 6.61 Å². The number of amides is 3. The van der Waals surface area contributed by atoms with E-state index in [1.807, 2.05) is 0 Å². The van der Waals surface area contributed by atoms with E-state index in [4.69, 9.17) is 4.74 Å². The lowest BCUT2D eigenvalue weighted by Crippen LogP contribution is -2.40. The summed E-state index contributed by atoms with van der Waals surface area (Å²) < 4.78 is 17.8. The lowest BCUT2D eigenvalue weighted by Gasteiger charge is -2.28. The molecule has 0 heterocycles. The second kappa shape index (κ2) is 10.8. The largest absolute Gasteiger partial charge is 0.383 e. The van der Waals surface area contributed by atoms with Crippen molar-refractivity contribution in [1.29, 1.82) is 0 Å². The Labute approximate surface area is 153 Å². The van der Waals surface area contributed by atoms with Gasteiger partial charge in [0.2, 0.25) is 0 Å². The molecule has 0 saturated heterocycles. The fourth-order valence-corrected chi connectivity index (χ4v) is 3.15. The molecule has 7 heteroatoms. The molecule has 3 amide bonds. The summed E-state index contributed by atoms with van der Waals surface area (Å²) in [4.78, 5) is 23.7. The van der Waals surface area contributed by atoms with Crippen LogP contribution in [-0.4, -0.2) is 45.3 Å². The molecule has 3 N–H and O–H groups in total. The topological polar surface area (TPSA) is 79.5 Å². The number of carbonyl (C=O) groups is 2. The van der Waals surface area contributed by atoms with Gasteiger partial charge in [0.15, 0.2) is 0 Å². The van der Waals surface area contributed by atoms with Gasteiger partial charge < -0.3 is 20.7 Å². The zero-order valence-corrected chi connectivity index (χ0v) is 15.2. The van der Waals surface area contributed by atoms with Crippen molar-refractivity contribution >= 4 is 11.9 Å². The molecular formula is C19H28FN3O3. The van der Waals surface area contributed by atoms with Gasteiger partial charge in [-0.3, -0.25) is 4.79 Å². The highest BCUT2D eigenvalue weighted by molar-refractivity contribution is 5.94. The second-order valence-electron chi connectivity index (χ2n) is 6.73. The van der Waals surface area contributed by atoms with Crippen LogP contribution in [0.5, 0.6) is 0 Å². The normalized spacial score (nSPS) is 19.6. The minimum Gasteiger partial charge on any atom is -0.383 e. The molecule has 144 valence electrons. The molecule has 6 nitrogen and oxygen atoms in total. The van der Waals surface area contributed by atoms with Gasteiger partial charge in [-0.1, -0.05) is 0 Å². The van der Waals surface area contributed by atoms with Crippen molar-refractivity contribution in [2.75, 3.05) is 33.4 Å². The number of ether oxygens (including phenoxy) is 1. The van der Waals surface area contributed by atoms with Crippen molar-refractivity contribution in [1.82, 2.24) is 16.0 Å². The van der Waals surface area contributed by atoms with Crippen LogP contribution in [0.1, 0.15) is 36.0 Å². The van der Waals surface area contributed by atoms with Gasteiger partial charge in [0, 0.05) is 32.3 Å². The fraction of sp³-hybridized carbons (Fsp3) is 0.579. The van der Waals surface area contributed by atoms with E-state index in [-0.39, 0.29) is 17.8 Å². The Morgan fingerprint density at radius 3 is 2.15 bits per heavy atom. The summed E-state index contributed by atoms with van der Waals surface area (Å²) in [7, 11) is 1.60. The first-order valence-corrected chi connectivity index (χ1v) is 9.13. The van der Waals surface area contributed by atoms with E-state index in [2.05, 4.69) is 16.0 Å². The molecule has 0 aliphatic heterocycles. The van der Waals surface area contributed by atoms with E-state index in [0.717, 1.165) is 25.7 Å². The number of nitrogens with one attached hydrogen (secondary N) is 3. The predicted molar refractivity (Wildman–Crippen MR) is 97.5 cm³/mol. The van der Waals surface area contributed by atoms with Crippen LogP contribution in [0.3, 0.4) is 0 Å². The second-order valence-corrected chi connectivity index (χ2v) is 6.73. The van der Waals surface area contributed by atoms with Crippen LogP contribution >= 0.6 is 0 Å². The van der Waals surface area contributed by atoms with Gasteiger partial charge in [-0.2, -0.15) is 0 Å². The Balaban J connectivity index is 1.60. The Morgan fingerprint density at radius 1 is 1.00 bits per heavy atom. The van der Waals surface area contributed by atoms with E-state index in [9.17, 15) is 14.0 Å². The average molecular weight is 365 g/mol. The van der Waals surface area contributed by atoms with Crippen molar-refractivity contribution < 1.29 is 18.7 Å². The van der Waals surface area contributed by atoms with Crippen molar-refractivity contribution in [2.45, 2.75) is 25.7 Å². The number of urea groups is 1. The third-order valence-electron chi connectivity index (χ3n) is 4.77. The Morgan fingerprint density at radius 2 is 1.58 bits per heavy atom. The summed E-state index contributed by atoms with van der Waals surface area (Å²) in [6, 6.07) is 5.41. The summed E-state index contributed by atoms with van der Waals surface area (Å²) >= 11 is 0. The monoisotopic (exact) mass is 365 g/mol. The lowest BCUT2D eigenvalue weighted by atomic mass is 9.82. The smallest absolute Gasteiger partial charge is 0.314 e. The van der Waals surface area contributed by atoms with Crippen LogP contribution in [0.4, 0.5) is 9.18 Å². The molecule has 0 spiro atoms. The SMILES string of the molecule is COCCNC(=O)NCC1CCC(CNC(=O)c2ccc(F)cc2)CC1. The van der Waals surface area contributed by atoms with Crippen LogP contribution < -0.4 is 16.0 Å². The van der Waals surface area contributed by atoms with E-state index >= 15 is 0 Å². The standard InChI is InChI=1S/C19H28FN3O3/c1-26-11-10-21-19(25)23-13-15-4-2-14(3-5-15)12-22-18(24)16-6-8-17(20)9-7-16/h6-9,14-15H,2-5,10-13H2,1H3,(H,22,24)(H2,21,23,25). The van der Waals surface area contributed by atoms with Crippen LogP contribution in [0.2, 0.25) is 0 Å². The zero-order chi connectivity index (χ0) is 18.8. The molecule has 26 heavy (non-hydrogen) atoms. The summed E-state index contributed by atoms with van der Waals surface area (Å²) in [6.45, 7) is 2.31. The molecule has 1 aliphatic carbocycles. The van der Waals surface area contributed by atoms with Gasteiger partial charge >= 0.3 is 6.03 Å². The van der Waals surface area contributed by atoms with E-state index in [1.165, 1.54) is 24.3 Å². The van der Waals surface area contributed by atoms with E-state index < -0.39 is 0 Å². The molecular weight excluding hydrogens is 337 g/mol. The maximum absolute atomic E-state index is 12.9. The molecule has 0 aromatic heterocycles. The van der Waals surface area contributed by atoms with Crippen molar-refractivity contribution in [3.63, 3.8) is 0 Å². The first-order chi connectivity index (χ1) is 12.6. The number of hydrogen-bond acceptors (Lipinski definition) is 3. The van der Waals surface area contributed by atoms with Gasteiger partial charge in [-0.05, 0) is 61.8 Å². The minimum absolute atomic E-state index is 0.157. The molecule has 1 aliphatic rings. The highest BCUT2D eigenvalue weighted by atomic mass is 19.1. The first kappa shape index (κ1) is 20.2. The molecule has 0 radical (unpaired) electrons. The summed E-state index contributed by atoms with van der Waals surface area (Å²) in [5, 5.41) is 8.56. The summed E-state index contributed by atoms with van der Waals surface area (Å²) in [5.41, 5.74) is 0.476. The molecule has 2 rings (SSSR count). The average Bonchev–Trinajstić information content (AvgIpc) is 2.66. The minimum atomic E-state index is -0.346. The van der Waals surface area contributed by atoms with Crippen molar-refractivity contribution in [3.05, 3.63) is 35.6 Å². The van der Waals surface area contributed by atoms with E-state index in [0.29, 0.717) is 43.6 Å². The van der Waals surface area contributed by atoms with Gasteiger partial charge in [0.25, 0.3) is 5.91 Å². The predicted octanol–water partition coefficient (Wildman–Crippen LogP) is 2.31. The van der Waals surface area contributed by atoms with Crippen LogP contribution in [-0.2, 0) is 4.74 Å². The number of benzene rings is 1. The fourth-order valence-electron chi connectivity index (χ4n) is 3.15. The Bertz CT molecular complexity index is 572. The highest BCUT2D eigenvalue weighted by Crippen LogP contribution is 2.27. The maximum Gasteiger partial charge on any atom is 0.314 e. The molecule has 0 unspecified atom stereocenters. The molecule has 1 fully saturated rings. The summed E-state index contributed by atoms with van der Waals surface area (Å²) in [6.07, 6.45) is 4.13. The third kappa shape index (κ3) is 7.00. The molecule has 0 bridgehead atoms. The van der Waals surface area contributed by atoms with Gasteiger partial charge in [-0.15, -0.1) is 0 Å². The van der Waals surface area contributed by atoms with Crippen LogP contribution in [0.15, 0.2) is 24.3 Å². The van der Waals surface area contributed by atoms with Gasteiger partial charge in [0.1, 0.15) is 5.82 Å². The molecule has 1 aromatic rings. The van der Waals surface area contributed by atoms with Gasteiger partial charge in [-0.25, -0.2) is 9.18 Å². The maximum atomic E-state index is 12.9. The molecule has 0 atom stereocenters. The van der Waals surface area contributed by atoms with Crippen LogP contribution in [0.25, 0.3) is 0 Å². The number of methoxy groups -OCH3 is 1. The van der Waals surface area contributed by atoms with Crippen LogP contribution in [0, 0.1) is 17.7 Å². The summed E-state index contributed by atoms with van der Waals surface area (Å²) in [5.74, 6) is 0.417. The Kier molecular flexibility index (Phi) is 8.34. The number of halogens is 1. The third-order valence-corrected chi connectivity index (χ3v) is 4.77. The number of hydrogen-bond donors (Lipinski definition) is 3. The van der Waals surface area contributed by atoms with Crippen molar-refractivity contribution in [3.8, 4) is 0 Å². The number of rotatable bonds is 8. The molecule has 1 saturated carbocycles.